The summed E-state index contributed by atoms with van der Waals surface area (Å²) in [6, 6.07) is 13.0. The van der Waals surface area contributed by atoms with E-state index in [-0.39, 0.29) is 11.9 Å². The Morgan fingerprint density at radius 2 is 1.93 bits per heavy atom. The maximum absolute atomic E-state index is 12.8. The van der Waals surface area contributed by atoms with Crippen LogP contribution in [0, 0.1) is 0 Å². The fourth-order valence-electron chi connectivity index (χ4n) is 3.41. The van der Waals surface area contributed by atoms with Gasteiger partial charge in [0.05, 0.1) is 24.5 Å². The first kappa shape index (κ1) is 19.8. The molecular weight excluding hydrogens is 388 g/mol. The highest BCUT2D eigenvalue weighted by Gasteiger charge is 2.24. The molecule has 0 saturated carbocycles. The largest absolute Gasteiger partial charge is 0.379 e. The zero-order valence-corrected chi connectivity index (χ0v) is 17.1. The van der Waals surface area contributed by atoms with E-state index < -0.39 is 0 Å². The van der Waals surface area contributed by atoms with Crippen molar-refractivity contribution in [3.8, 4) is 0 Å². The van der Waals surface area contributed by atoms with Gasteiger partial charge in [0, 0.05) is 48.7 Å². The van der Waals surface area contributed by atoms with Crippen LogP contribution in [0.25, 0.3) is 0 Å². The third-order valence-corrected chi connectivity index (χ3v) is 6.18. The number of anilines is 2. The smallest absolute Gasteiger partial charge is 0.319 e. The lowest BCUT2D eigenvalue weighted by atomic mass is 10.2. The van der Waals surface area contributed by atoms with Gasteiger partial charge in [-0.3, -0.25) is 9.69 Å². The minimum atomic E-state index is -0.253. The van der Waals surface area contributed by atoms with Crippen LogP contribution in [0.15, 0.2) is 52.3 Å². The van der Waals surface area contributed by atoms with Crippen molar-refractivity contribution in [3.05, 3.63) is 48.0 Å². The first-order valence-electron chi connectivity index (χ1n) is 9.66. The second kappa shape index (κ2) is 8.86. The number of nitrogens with one attached hydrogen (secondary N) is 2. The van der Waals surface area contributed by atoms with Crippen molar-refractivity contribution in [1.82, 2.24) is 10.2 Å². The molecule has 0 spiro atoms. The molecule has 2 aliphatic rings. The van der Waals surface area contributed by atoms with Crippen molar-refractivity contribution in [1.29, 1.82) is 0 Å². The van der Waals surface area contributed by atoms with E-state index in [1.165, 1.54) is 0 Å². The number of nitrogens with zero attached hydrogens (tertiary/aromatic N) is 2. The lowest BCUT2D eigenvalue weighted by Crippen LogP contribution is -2.42. The lowest BCUT2D eigenvalue weighted by Gasteiger charge is -2.26. The average molecular weight is 413 g/mol. The van der Waals surface area contributed by atoms with Crippen LogP contribution in [0.2, 0.25) is 0 Å². The Morgan fingerprint density at radius 3 is 2.76 bits per heavy atom. The molecule has 152 valence electrons. The fourth-order valence-corrected chi connectivity index (χ4v) is 4.50. The second-order valence-electron chi connectivity index (χ2n) is 6.98. The summed E-state index contributed by atoms with van der Waals surface area (Å²) in [7, 11) is 1.76. The van der Waals surface area contributed by atoms with Gasteiger partial charge in [0.25, 0.3) is 5.91 Å². The van der Waals surface area contributed by atoms with Crippen molar-refractivity contribution in [2.75, 3.05) is 56.7 Å². The molecule has 0 aromatic heterocycles. The summed E-state index contributed by atoms with van der Waals surface area (Å²) in [5.41, 5.74) is 2.12. The van der Waals surface area contributed by atoms with Crippen LogP contribution < -0.4 is 15.5 Å². The number of urea groups is 1. The predicted molar refractivity (Wildman–Crippen MR) is 114 cm³/mol. The molecule has 0 aliphatic carbocycles. The highest BCUT2D eigenvalue weighted by atomic mass is 32.2. The van der Waals surface area contributed by atoms with E-state index >= 15 is 0 Å². The molecule has 1 saturated heterocycles. The minimum Gasteiger partial charge on any atom is -0.379 e. The summed E-state index contributed by atoms with van der Waals surface area (Å²) in [5, 5.41) is 5.75. The quantitative estimate of drug-likeness (QED) is 0.808. The number of amides is 3. The van der Waals surface area contributed by atoms with Gasteiger partial charge >= 0.3 is 6.03 Å². The standard InChI is InChI=1S/C21H24N4O3S/c1-24-17-14-15(23-21(27)22-8-9-25-10-12-28-13-11-25)6-7-19(17)29-18-5-3-2-4-16(18)20(24)26/h2-7,14H,8-13H2,1H3,(H2,22,23,27). The Hall–Kier alpha value is -2.55. The maximum Gasteiger partial charge on any atom is 0.319 e. The van der Waals surface area contributed by atoms with Gasteiger partial charge in [-0.25, -0.2) is 4.79 Å². The average Bonchev–Trinajstić information content (AvgIpc) is 2.84. The van der Waals surface area contributed by atoms with Crippen molar-refractivity contribution >= 4 is 35.1 Å². The number of carbonyl (C=O) groups is 2. The zero-order chi connectivity index (χ0) is 20.2. The summed E-state index contributed by atoms with van der Waals surface area (Å²) in [6.45, 7) is 4.65. The molecule has 29 heavy (non-hydrogen) atoms. The van der Waals surface area contributed by atoms with Crippen LogP contribution >= 0.6 is 11.8 Å². The number of morpholine rings is 1. The Kier molecular flexibility index (Phi) is 6.03. The molecule has 2 aliphatic heterocycles. The van der Waals surface area contributed by atoms with Crippen LogP contribution in [0.3, 0.4) is 0 Å². The molecule has 0 atom stereocenters. The van der Waals surface area contributed by atoms with Gasteiger partial charge in [-0.2, -0.15) is 0 Å². The third kappa shape index (κ3) is 4.55. The van der Waals surface area contributed by atoms with Crippen molar-refractivity contribution in [2.24, 2.45) is 0 Å². The van der Waals surface area contributed by atoms with Gasteiger partial charge in [0.1, 0.15) is 0 Å². The fraction of sp³-hybridized carbons (Fsp3) is 0.333. The van der Waals surface area contributed by atoms with Crippen LogP contribution in [-0.2, 0) is 4.74 Å². The van der Waals surface area contributed by atoms with Crippen LogP contribution in [0.4, 0.5) is 16.2 Å². The molecule has 2 heterocycles. The molecule has 0 radical (unpaired) electrons. The first-order chi connectivity index (χ1) is 14.1. The molecule has 0 unspecified atom stereocenters. The SMILES string of the molecule is CN1C(=O)c2ccccc2Sc2ccc(NC(=O)NCCN3CCOCC3)cc21. The van der Waals surface area contributed by atoms with E-state index in [1.54, 1.807) is 23.7 Å². The van der Waals surface area contributed by atoms with Crippen LogP contribution in [-0.4, -0.2) is 63.3 Å². The lowest BCUT2D eigenvalue weighted by molar-refractivity contribution is 0.0388. The van der Waals surface area contributed by atoms with E-state index in [9.17, 15) is 9.59 Å². The highest BCUT2D eigenvalue weighted by Crippen LogP contribution is 2.41. The summed E-state index contributed by atoms with van der Waals surface area (Å²) in [5.74, 6) is -0.0565. The molecule has 3 amide bonds. The molecule has 2 aromatic rings. The highest BCUT2D eigenvalue weighted by molar-refractivity contribution is 7.99. The number of rotatable bonds is 4. The number of hydrogen-bond donors (Lipinski definition) is 2. The molecule has 1 fully saturated rings. The summed E-state index contributed by atoms with van der Waals surface area (Å²) < 4.78 is 5.33. The molecule has 2 aromatic carbocycles. The Morgan fingerprint density at radius 1 is 1.14 bits per heavy atom. The number of ether oxygens (including phenoxy) is 1. The van der Waals surface area contributed by atoms with Gasteiger partial charge in [0.2, 0.25) is 0 Å². The van der Waals surface area contributed by atoms with Gasteiger partial charge in [-0.05, 0) is 30.3 Å². The monoisotopic (exact) mass is 412 g/mol. The maximum atomic E-state index is 12.8. The molecule has 2 N–H and O–H groups in total. The van der Waals surface area contributed by atoms with Crippen molar-refractivity contribution in [3.63, 3.8) is 0 Å². The summed E-state index contributed by atoms with van der Waals surface area (Å²) in [6.07, 6.45) is 0. The topological polar surface area (TPSA) is 73.9 Å². The minimum absolute atomic E-state index is 0.0565. The van der Waals surface area contributed by atoms with E-state index in [0.717, 1.165) is 48.3 Å². The van der Waals surface area contributed by atoms with E-state index in [4.69, 9.17) is 4.74 Å². The van der Waals surface area contributed by atoms with Crippen LogP contribution in [0.1, 0.15) is 10.4 Å². The van der Waals surface area contributed by atoms with Crippen LogP contribution in [0.5, 0.6) is 0 Å². The van der Waals surface area contributed by atoms with Crippen molar-refractivity contribution in [2.45, 2.75) is 9.79 Å². The molecular formula is C21H24N4O3S. The number of benzene rings is 2. The van der Waals surface area contributed by atoms with Gasteiger partial charge in [-0.1, -0.05) is 23.9 Å². The number of hydrogen-bond acceptors (Lipinski definition) is 5. The molecule has 7 nitrogen and oxygen atoms in total. The van der Waals surface area contributed by atoms with Gasteiger partial charge in [-0.15, -0.1) is 0 Å². The van der Waals surface area contributed by atoms with E-state index in [1.807, 2.05) is 42.5 Å². The number of fused-ring (bicyclic) bond motifs is 2. The van der Waals surface area contributed by atoms with E-state index in [2.05, 4.69) is 15.5 Å². The first-order valence-corrected chi connectivity index (χ1v) is 10.5. The molecule has 8 heteroatoms. The summed E-state index contributed by atoms with van der Waals surface area (Å²) in [4.78, 5) is 30.9. The van der Waals surface area contributed by atoms with Gasteiger partial charge < -0.3 is 20.3 Å². The Bertz CT molecular complexity index is 915. The van der Waals surface area contributed by atoms with Crippen molar-refractivity contribution < 1.29 is 14.3 Å². The second-order valence-corrected chi connectivity index (χ2v) is 8.06. The number of carbonyl (C=O) groups excluding carboxylic acids is 2. The third-order valence-electron chi connectivity index (χ3n) is 5.04. The normalized spacial score (nSPS) is 16.6. The Balaban J connectivity index is 1.40. The Labute approximate surface area is 174 Å². The van der Waals surface area contributed by atoms with Gasteiger partial charge in [0.15, 0.2) is 0 Å². The molecule has 4 rings (SSSR count). The van der Waals surface area contributed by atoms with E-state index in [0.29, 0.717) is 17.8 Å². The predicted octanol–water partition coefficient (Wildman–Crippen LogP) is 2.88. The summed E-state index contributed by atoms with van der Waals surface area (Å²) >= 11 is 1.56. The zero-order valence-electron chi connectivity index (χ0n) is 16.3. The molecule has 0 bridgehead atoms.